The molecule has 2 aromatic heterocycles. The van der Waals surface area contributed by atoms with E-state index in [0.29, 0.717) is 0 Å². The van der Waals surface area contributed by atoms with Crippen LogP contribution in [-0.4, -0.2) is 9.13 Å². The summed E-state index contributed by atoms with van der Waals surface area (Å²) in [7, 11) is 0. The zero-order valence-corrected chi connectivity index (χ0v) is 20.5. The molecule has 0 aliphatic heterocycles. The number of para-hydroxylation sites is 3. The average Bonchev–Trinajstić information content (AvgIpc) is 3.48. The zero-order chi connectivity index (χ0) is 24.5. The van der Waals surface area contributed by atoms with Gasteiger partial charge in [-0.1, -0.05) is 96.6 Å². The number of fused-ring (bicyclic) bond motifs is 10. The lowest BCUT2D eigenvalue weighted by molar-refractivity contribution is 1.18. The maximum atomic E-state index is 2.46. The van der Waals surface area contributed by atoms with Crippen LogP contribution in [-0.2, 0) is 0 Å². The van der Waals surface area contributed by atoms with Gasteiger partial charge in [0.05, 0.1) is 22.1 Å². The van der Waals surface area contributed by atoms with E-state index in [0.717, 1.165) is 0 Å². The standard InChI is InChI=1S/C35H24N2/c1-23-19-21-25(22-20-23)37-31-18-10-8-16-29(31)33-32-28-15-7-9-17-30(28)36(24-11-3-2-4-12-24)34(32)26-13-5-6-14-27(26)35(33)37/h2-22H,1H3. The van der Waals surface area contributed by atoms with E-state index in [1.165, 1.54) is 71.3 Å². The summed E-state index contributed by atoms with van der Waals surface area (Å²) in [4.78, 5) is 0. The summed E-state index contributed by atoms with van der Waals surface area (Å²) >= 11 is 0. The molecule has 2 heterocycles. The number of benzene rings is 6. The molecule has 0 N–H and O–H groups in total. The maximum Gasteiger partial charge on any atom is 0.0627 e. The lowest BCUT2D eigenvalue weighted by Gasteiger charge is -2.13. The highest BCUT2D eigenvalue weighted by Gasteiger charge is 2.23. The van der Waals surface area contributed by atoms with Gasteiger partial charge in [-0.2, -0.15) is 0 Å². The lowest BCUT2D eigenvalue weighted by atomic mass is 9.99. The van der Waals surface area contributed by atoms with E-state index in [4.69, 9.17) is 0 Å². The molecule has 0 bridgehead atoms. The van der Waals surface area contributed by atoms with Crippen molar-refractivity contribution in [2.45, 2.75) is 6.92 Å². The minimum absolute atomic E-state index is 1.18. The minimum atomic E-state index is 1.18. The van der Waals surface area contributed by atoms with Gasteiger partial charge in [0.2, 0.25) is 0 Å². The van der Waals surface area contributed by atoms with Crippen molar-refractivity contribution < 1.29 is 0 Å². The zero-order valence-electron chi connectivity index (χ0n) is 20.5. The van der Waals surface area contributed by atoms with Crippen LogP contribution in [0.5, 0.6) is 0 Å². The van der Waals surface area contributed by atoms with E-state index in [1.807, 2.05) is 0 Å². The fourth-order valence-electron chi connectivity index (χ4n) is 6.20. The Hall–Kier alpha value is -4.82. The monoisotopic (exact) mass is 472 g/mol. The molecule has 0 saturated carbocycles. The average molecular weight is 473 g/mol. The predicted octanol–water partition coefficient (Wildman–Crippen LogP) is 9.34. The number of rotatable bonds is 2. The third-order valence-corrected chi connectivity index (χ3v) is 7.74. The molecule has 0 unspecified atom stereocenters. The normalized spacial score (nSPS) is 11.9. The van der Waals surface area contributed by atoms with Gasteiger partial charge in [-0.15, -0.1) is 0 Å². The number of nitrogens with zero attached hydrogens (tertiary/aromatic N) is 2. The van der Waals surface area contributed by atoms with E-state index >= 15 is 0 Å². The summed E-state index contributed by atoms with van der Waals surface area (Å²) in [5.41, 5.74) is 8.63. The molecule has 37 heavy (non-hydrogen) atoms. The van der Waals surface area contributed by atoms with E-state index in [2.05, 4.69) is 143 Å². The van der Waals surface area contributed by atoms with Gasteiger partial charge in [0.1, 0.15) is 0 Å². The Morgan fingerprint density at radius 1 is 0.378 bits per heavy atom. The van der Waals surface area contributed by atoms with Crippen molar-refractivity contribution in [1.82, 2.24) is 9.13 Å². The Kier molecular flexibility index (Phi) is 4.18. The second-order valence-corrected chi connectivity index (χ2v) is 9.87. The van der Waals surface area contributed by atoms with E-state index < -0.39 is 0 Å². The first-order valence-corrected chi connectivity index (χ1v) is 12.8. The highest BCUT2D eigenvalue weighted by Crippen LogP contribution is 2.46. The molecule has 0 radical (unpaired) electrons. The van der Waals surface area contributed by atoms with Crippen molar-refractivity contribution in [2.24, 2.45) is 0 Å². The van der Waals surface area contributed by atoms with E-state index in [1.54, 1.807) is 0 Å². The molecular weight excluding hydrogens is 448 g/mol. The number of aryl methyl sites for hydroxylation is 1. The fraction of sp³-hybridized carbons (Fsp3) is 0.0286. The lowest BCUT2D eigenvalue weighted by Crippen LogP contribution is -1.96. The first-order chi connectivity index (χ1) is 18.3. The summed E-state index contributed by atoms with van der Waals surface area (Å²) in [6.45, 7) is 2.15. The summed E-state index contributed by atoms with van der Waals surface area (Å²) in [5, 5.41) is 7.72. The van der Waals surface area contributed by atoms with Crippen molar-refractivity contribution >= 4 is 54.4 Å². The van der Waals surface area contributed by atoms with Gasteiger partial charge in [-0.05, 0) is 43.3 Å². The Labute approximate surface area is 214 Å². The smallest absolute Gasteiger partial charge is 0.0627 e. The van der Waals surface area contributed by atoms with Crippen molar-refractivity contribution in [3.05, 3.63) is 133 Å². The SMILES string of the molecule is Cc1ccc(-n2c3ccccc3c3c4c5ccccc5n(-c5ccccc5)c4c4ccccc4c32)cc1. The molecule has 0 spiro atoms. The van der Waals surface area contributed by atoms with Gasteiger partial charge in [0, 0.05) is 43.7 Å². The molecule has 0 aliphatic carbocycles. The van der Waals surface area contributed by atoms with Gasteiger partial charge in [-0.25, -0.2) is 0 Å². The number of aromatic nitrogens is 2. The van der Waals surface area contributed by atoms with Crippen LogP contribution in [0.2, 0.25) is 0 Å². The molecule has 8 rings (SSSR count). The quantitative estimate of drug-likeness (QED) is 0.237. The van der Waals surface area contributed by atoms with Crippen LogP contribution in [0.1, 0.15) is 5.56 Å². The van der Waals surface area contributed by atoms with Crippen LogP contribution in [0.25, 0.3) is 65.8 Å². The first-order valence-electron chi connectivity index (χ1n) is 12.8. The summed E-state index contributed by atoms with van der Waals surface area (Å²) < 4.78 is 4.91. The topological polar surface area (TPSA) is 9.86 Å². The summed E-state index contributed by atoms with van der Waals surface area (Å²) in [6.07, 6.45) is 0. The predicted molar refractivity (Wildman–Crippen MR) is 157 cm³/mol. The molecule has 6 aromatic carbocycles. The molecule has 2 heteroatoms. The molecular formula is C35H24N2. The Balaban J connectivity index is 1.73. The third-order valence-electron chi connectivity index (χ3n) is 7.74. The highest BCUT2D eigenvalue weighted by molar-refractivity contribution is 6.37. The minimum Gasteiger partial charge on any atom is -0.309 e. The van der Waals surface area contributed by atoms with Crippen molar-refractivity contribution in [3.8, 4) is 11.4 Å². The van der Waals surface area contributed by atoms with Crippen LogP contribution in [0.15, 0.2) is 127 Å². The molecule has 174 valence electrons. The number of hydrogen-bond donors (Lipinski definition) is 0. The fourth-order valence-corrected chi connectivity index (χ4v) is 6.20. The third kappa shape index (κ3) is 2.75. The van der Waals surface area contributed by atoms with Gasteiger partial charge in [0.25, 0.3) is 0 Å². The molecule has 2 nitrogen and oxygen atoms in total. The largest absolute Gasteiger partial charge is 0.309 e. The number of hydrogen-bond acceptors (Lipinski definition) is 0. The molecule has 8 aromatic rings. The van der Waals surface area contributed by atoms with Gasteiger partial charge >= 0.3 is 0 Å². The van der Waals surface area contributed by atoms with E-state index in [-0.39, 0.29) is 0 Å². The van der Waals surface area contributed by atoms with Gasteiger partial charge in [-0.3, -0.25) is 0 Å². The summed E-state index contributed by atoms with van der Waals surface area (Å²) in [6, 6.07) is 46.3. The van der Waals surface area contributed by atoms with Crippen LogP contribution >= 0.6 is 0 Å². The van der Waals surface area contributed by atoms with Gasteiger partial charge in [0.15, 0.2) is 0 Å². The van der Waals surface area contributed by atoms with Crippen LogP contribution in [0.4, 0.5) is 0 Å². The molecule has 0 fully saturated rings. The summed E-state index contributed by atoms with van der Waals surface area (Å²) in [5.74, 6) is 0. The second-order valence-electron chi connectivity index (χ2n) is 9.87. The van der Waals surface area contributed by atoms with Crippen molar-refractivity contribution in [2.75, 3.05) is 0 Å². The molecule has 0 amide bonds. The molecule has 0 saturated heterocycles. The molecule has 0 atom stereocenters. The second kappa shape index (κ2) is 7.59. The highest BCUT2D eigenvalue weighted by atomic mass is 15.0. The van der Waals surface area contributed by atoms with Gasteiger partial charge < -0.3 is 9.13 Å². The van der Waals surface area contributed by atoms with E-state index in [9.17, 15) is 0 Å². The Bertz CT molecular complexity index is 2120. The van der Waals surface area contributed by atoms with Crippen LogP contribution in [0, 0.1) is 6.92 Å². The molecule has 0 aliphatic rings. The first kappa shape index (κ1) is 20.4. The Morgan fingerprint density at radius 3 is 1.30 bits per heavy atom. The van der Waals surface area contributed by atoms with Crippen molar-refractivity contribution in [1.29, 1.82) is 0 Å². The Morgan fingerprint density at radius 2 is 0.784 bits per heavy atom. The van der Waals surface area contributed by atoms with Crippen LogP contribution < -0.4 is 0 Å². The maximum absolute atomic E-state index is 2.46. The van der Waals surface area contributed by atoms with Crippen LogP contribution in [0.3, 0.4) is 0 Å². The van der Waals surface area contributed by atoms with Crippen molar-refractivity contribution in [3.63, 3.8) is 0 Å².